The highest BCUT2D eigenvalue weighted by molar-refractivity contribution is 5.68. The maximum atomic E-state index is 10.9. The van der Waals surface area contributed by atoms with Gasteiger partial charge in [-0.15, -0.1) is 0 Å². The summed E-state index contributed by atoms with van der Waals surface area (Å²) in [6, 6.07) is 4.39. The highest BCUT2D eigenvalue weighted by Crippen LogP contribution is 2.28. The van der Waals surface area contributed by atoms with Crippen LogP contribution in [0.5, 0.6) is 0 Å². The van der Waals surface area contributed by atoms with Gasteiger partial charge in [0.15, 0.2) is 0 Å². The Hall–Kier alpha value is -2.64. The van der Waals surface area contributed by atoms with Crippen LogP contribution in [0.2, 0.25) is 0 Å². The number of aromatic nitrogens is 2. The fraction of sp³-hybridized carbons (Fsp3) is 0.333. The zero-order valence-corrected chi connectivity index (χ0v) is 11.2. The first-order chi connectivity index (χ1) is 9.56. The van der Waals surface area contributed by atoms with Crippen LogP contribution in [0.1, 0.15) is 13.8 Å². The molecule has 0 amide bonds. The summed E-state index contributed by atoms with van der Waals surface area (Å²) in [5.41, 5.74) is 5.94. The maximum absolute atomic E-state index is 10.9. The van der Waals surface area contributed by atoms with E-state index in [2.05, 4.69) is 10.1 Å². The van der Waals surface area contributed by atoms with Crippen molar-refractivity contribution in [3.05, 3.63) is 28.3 Å². The zero-order chi connectivity index (χ0) is 14.7. The largest absolute Gasteiger partial charge is 0.393 e. The van der Waals surface area contributed by atoms with Crippen LogP contribution in [0, 0.1) is 10.1 Å². The number of nitro benzene ring substituents is 1. The Balaban J connectivity index is 2.37. The zero-order valence-electron chi connectivity index (χ0n) is 11.2. The lowest BCUT2D eigenvalue weighted by Crippen LogP contribution is -2.22. The van der Waals surface area contributed by atoms with Gasteiger partial charge in [-0.05, 0) is 31.1 Å². The first kappa shape index (κ1) is 13.8. The van der Waals surface area contributed by atoms with Crippen molar-refractivity contribution in [2.45, 2.75) is 13.8 Å². The van der Waals surface area contributed by atoms with Gasteiger partial charge in [0.25, 0.3) is 17.5 Å². The molecule has 0 aliphatic carbocycles. The molecule has 1 aromatic carbocycles. The number of anilines is 2. The molecule has 2 aromatic rings. The summed E-state index contributed by atoms with van der Waals surface area (Å²) in [7, 11) is 0. The number of nitrogens with zero attached hydrogens (tertiary/aromatic N) is 4. The summed E-state index contributed by atoms with van der Waals surface area (Å²) >= 11 is 0. The molecule has 106 valence electrons. The van der Waals surface area contributed by atoms with Crippen molar-refractivity contribution in [3.63, 3.8) is 0 Å². The van der Waals surface area contributed by atoms with E-state index in [0.29, 0.717) is 11.5 Å². The van der Waals surface area contributed by atoms with E-state index in [1.54, 1.807) is 6.07 Å². The van der Waals surface area contributed by atoms with Crippen molar-refractivity contribution in [2.24, 2.45) is 0 Å². The molecule has 8 heteroatoms. The third-order valence-electron chi connectivity index (χ3n) is 2.94. The van der Waals surface area contributed by atoms with E-state index in [0.717, 1.165) is 13.1 Å². The number of hydrogen-bond donors (Lipinski definition) is 1. The van der Waals surface area contributed by atoms with Crippen LogP contribution in [0.25, 0.3) is 11.5 Å². The summed E-state index contributed by atoms with van der Waals surface area (Å²) < 4.78 is 5.14. The SMILES string of the molecule is CCN(CC)c1noc(-c2ccc(N)c([N+](=O)[O-])c2)n1. The van der Waals surface area contributed by atoms with Crippen LogP contribution >= 0.6 is 0 Å². The van der Waals surface area contributed by atoms with Crippen molar-refractivity contribution in [3.8, 4) is 11.5 Å². The Kier molecular flexibility index (Phi) is 3.83. The van der Waals surface area contributed by atoms with Gasteiger partial charge in [0.2, 0.25) is 0 Å². The molecule has 0 atom stereocenters. The molecule has 0 fully saturated rings. The Morgan fingerprint density at radius 1 is 1.40 bits per heavy atom. The third-order valence-corrected chi connectivity index (χ3v) is 2.94. The molecular formula is C12H15N5O3. The standard InChI is InChI=1S/C12H15N5O3/c1-3-16(4-2)12-14-11(20-15-12)8-5-6-9(13)10(7-8)17(18)19/h5-7H,3-4,13H2,1-2H3. The number of hydrogen-bond acceptors (Lipinski definition) is 7. The molecule has 20 heavy (non-hydrogen) atoms. The van der Waals surface area contributed by atoms with E-state index in [4.69, 9.17) is 10.3 Å². The number of nitrogen functional groups attached to an aromatic ring is 1. The summed E-state index contributed by atoms with van der Waals surface area (Å²) in [6.45, 7) is 5.45. The van der Waals surface area contributed by atoms with E-state index in [-0.39, 0.29) is 17.3 Å². The highest BCUT2D eigenvalue weighted by Gasteiger charge is 2.17. The van der Waals surface area contributed by atoms with E-state index in [1.807, 2.05) is 18.7 Å². The van der Waals surface area contributed by atoms with Gasteiger partial charge in [-0.3, -0.25) is 10.1 Å². The Morgan fingerprint density at radius 2 is 2.10 bits per heavy atom. The lowest BCUT2D eigenvalue weighted by atomic mass is 10.2. The van der Waals surface area contributed by atoms with E-state index in [9.17, 15) is 10.1 Å². The van der Waals surface area contributed by atoms with Gasteiger partial charge in [0.1, 0.15) is 5.69 Å². The van der Waals surface area contributed by atoms with Crippen LogP contribution in [0.15, 0.2) is 22.7 Å². The summed E-state index contributed by atoms with van der Waals surface area (Å²) in [5, 5.41) is 14.7. The Morgan fingerprint density at radius 3 is 2.70 bits per heavy atom. The van der Waals surface area contributed by atoms with Crippen LogP contribution in [0.4, 0.5) is 17.3 Å². The second kappa shape index (κ2) is 5.55. The highest BCUT2D eigenvalue weighted by atomic mass is 16.6. The number of nitrogens with two attached hydrogens (primary N) is 1. The molecule has 2 N–H and O–H groups in total. The topological polar surface area (TPSA) is 111 Å². The van der Waals surface area contributed by atoms with Gasteiger partial charge in [-0.1, -0.05) is 0 Å². The average Bonchev–Trinajstić information content (AvgIpc) is 2.90. The molecule has 0 radical (unpaired) electrons. The normalized spacial score (nSPS) is 10.5. The summed E-state index contributed by atoms with van der Waals surface area (Å²) in [4.78, 5) is 16.5. The number of benzene rings is 1. The molecule has 0 spiro atoms. The molecular weight excluding hydrogens is 262 g/mol. The molecule has 0 aliphatic rings. The van der Waals surface area contributed by atoms with E-state index < -0.39 is 4.92 Å². The molecule has 0 unspecified atom stereocenters. The van der Waals surface area contributed by atoms with Crippen LogP contribution in [0.3, 0.4) is 0 Å². The molecule has 1 heterocycles. The van der Waals surface area contributed by atoms with Gasteiger partial charge in [-0.25, -0.2) is 0 Å². The third kappa shape index (κ3) is 2.53. The number of rotatable bonds is 5. The van der Waals surface area contributed by atoms with Gasteiger partial charge in [0.05, 0.1) is 4.92 Å². The lowest BCUT2D eigenvalue weighted by Gasteiger charge is -2.14. The molecule has 0 saturated carbocycles. The van der Waals surface area contributed by atoms with Crippen molar-refractivity contribution >= 4 is 17.3 Å². The predicted molar refractivity (Wildman–Crippen MR) is 74.4 cm³/mol. The van der Waals surface area contributed by atoms with Crippen molar-refractivity contribution in [1.82, 2.24) is 10.1 Å². The second-order valence-corrected chi connectivity index (χ2v) is 4.10. The van der Waals surface area contributed by atoms with Crippen LogP contribution in [-0.4, -0.2) is 28.2 Å². The fourth-order valence-electron chi connectivity index (χ4n) is 1.80. The minimum absolute atomic E-state index is 0.0993. The van der Waals surface area contributed by atoms with E-state index >= 15 is 0 Å². The number of nitro groups is 1. The second-order valence-electron chi connectivity index (χ2n) is 4.10. The molecule has 8 nitrogen and oxygen atoms in total. The average molecular weight is 277 g/mol. The first-order valence-electron chi connectivity index (χ1n) is 6.19. The smallest absolute Gasteiger partial charge is 0.292 e. The van der Waals surface area contributed by atoms with Gasteiger partial charge < -0.3 is 15.2 Å². The van der Waals surface area contributed by atoms with Gasteiger partial charge in [0, 0.05) is 24.7 Å². The van der Waals surface area contributed by atoms with Crippen LogP contribution < -0.4 is 10.6 Å². The molecule has 2 rings (SSSR count). The molecule has 0 saturated heterocycles. The van der Waals surface area contributed by atoms with Crippen LogP contribution in [-0.2, 0) is 0 Å². The minimum Gasteiger partial charge on any atom is -0.393 e. The Bertz CT molecular complexity index is 621. The minimum atomic E-state index is -0.541. The van der Waals surface area contributed by atoms with Crippen molar-refractivity contribution in [1.29, 1.82) is 0 Å². The fourth-order valence-corrected chi connectivity index (χ4v) is 1.80. The quantitative estimate of drug-likeness (QED) is 0.505. The van der Waals surface area contributed by atoms with Crippen molar-refractivity contribution < 1.29 is 9.45 Å². The molecule has 0 bridgehead atoms. The predicted octanol–water partition coefficient (Wildman–Crippen LogP) is 2.07. The Labute approximate surface area is 115 Å². The maximum Gasteiger partial charge on any atom is 0.292 e. The van der Waals surface area contributed by atoms with Crippen molar-refractivity contribution in [2.75, 3.05) is 23.7 Å². The monoisotopic (exact) mass is 277 g/mol. The molecule has 0 aliphatic heterocycles. The molecule has 1 aromatic heterocycles. The summed E-state index contributed by atoms with van der Waals surface area (Å²) in [5.74, 6) is 0.694. The lowest BCUT2D eigenvalue weighted by molar-refractivity contribution is -0.383. The first-order valence-corrected chi connectivity index (χ1v) is 6.19. The van der Waals surface area contributed by atoms with E-state index in [1.165, 1.54) is 12.1 Å². The summed E-state index contributed by atoms with van der Waals surface area (Å²) in [6.07, 6.45) is 0. The van der Waals surface area contributed by atoms with Gasteiger partial charge >= 0.3 is 0 Å². The van der Waals surface area contributed by atoms with Gasteiger partial charge in [-0.2, -0.15) is 4.98 Å².